The van der Waals surface area contributed by atoms with E-state index in [9.17, 15) is 18.0 Å². The lowest BCUT2D eigenvalue weighted by molar-refractivity contribution is -0.137. The summed E-state index contributed by atoms with van der Waals surface area (Å²) in [5.41, 5.74) is -0.295. The number of carbonyl (C=O) groups is 1. The molecule has 0 atom stereocenters. The van der Waals surface area contributed by atoms with Crippen molar-refractivity contribution in [2.24, 2.45) is 0 Å². The summed E-state index contributed by atoms with van der Waals surface area (Å²) in [5, 5.41) is 4.55. The molecule has 1 N–H and O–H groups in total. The van der Waals surface area contributed by atoms with Crippen LogP contribution in [0.2, 0.25) is 0 Å². The van der Waals surface area contributed by atoms with Crippen LogP contribution in [0, 0.1) is 0 Å². The van der Waals surface area contributed by atoms with Gasteiger partial charge in [0.25, 0.3) is 5.91 Å². The number of hydrogen-bond acceptors (Lipinski definition) is 2. The Morgan fingerprint density at radius 2 is 2.06 bits per heavy atom. The van der Waals surface area contributed by atoms with E-state index in [1.165, 1.54) is 13.1 Å². The van der Waals surface area contributed by atoms with E-state index >= 15 is 0 Å². The topological polar surface area (TPSA) is 29.1 Å². The SMILES string of the molecule is CNC(=O)c1csc2cc(C(F)(F)F)ccc12. The lowest BCUT2D eigenvalue weighted by Crippen LogP contribution is -2.17. The van der Waals surface area contributed by atoms with E-state index in [-0.39, 0.29) is 5.91 Å². The van der Waals surface area contributed by atoms with Crippen molar-refractivity contribution < 1.29 is 18.0 Å². The fourth-order valence-electron chi connectivity index (χ4n) is 1.52. The number of fused-ring (bicyclic) bond motifs is 1. The quantitative estimate of drug-likeness (QED) is 0.836. The predicted octanol–water partition coefficient (Wildman–Crippen LogP) is 3.28. The number of carbonyl (C=O) groups excluding carboxylic acids is 1. The van der Waals surface area contributed by atoms with Gasteiger partial charge < -0.3 is 5.32 Å². The first-order valence-corrected chi connectivity index (χ1v) is 5.62. The number of thiophene rings is 1. The summed E-state index contributed by atoms with van der Waals surface area (Å²) < 4.78 is 37.9. The first kappa shape index (κ1) is 11.9. The van der Waals surface area contributed by atoms with Crippen LogP contribution in [0.15, 0.2) is 23.6 Å². The highest BCUT2D eigenvalue weighted by molar-refractivity contribution is 7.17. The summed E-state index contributed by atoms with van der Waals surface area (Å²) in [7, 11) is 1.48. The summed E-state index contributed by atoms with van der Waals surface area (Å²) in [4.78, 5) is 11.4. The molecule has 1 heterocycles. The molecule has 2 nitrogen and oxygen atoms in total. The molecule has 0 saturated heterocycles. The van der Waals surface area contributed by atoms with Crippen molar-refractivity contribution in [1.29, 1.82) is 0 Å². The summed E-state index contributed by atoms with van der Waals surface area (Å²) >= 11 is 1.13. The molecule has 0 aliphatic heterocycles. The fourth-order valence-corrected chi connectivity index (χ4v) is 2.49. The van der Waals surface area contributed by atoms with Gasteiger partial charge in [-0.3, -0.25) is 4.79 Å². The Morgan fingerprint density at radius 1 is 1.35 bits per heavy atom. The Morgan fingerprint density at radius 3 is 2.65 bits per heavy atom. The Hall–Kier alpha value is -1.56. The number of nitrogens with one attached hydrogen (secondary N) is 1. The molecular formula is C11H8F3NOS. The van der Waals surface area contributed by atoms with E-state index in [0.29, 0.717) is 15.6 Å². The average Bonchev–Trinajstić information content (AvgIpc) is 2.69. The third kappa shape index (κ3) is 2.12. The second-order valence-corrected chi connectivity index (χ2v) is 4.35. The molecular weight excluding hydrogens is 251 g/mol. The smallest absolute Gasteiger partial charge is 0.355 e. The normalized spacial score (nSPS) is 11.8. The largest absolute Gasteiger partial charge is 0.416 e. The number of benzene rings is 1. The number of alkyl halides is 3. The van der Waals surface area contributed by atoms with Gasteiger partial charge in [0, 0.05) is 22.5 Å². The van der Waals surface area contributed by atoms with Crippen LogP contribution in [0.5, 0.6) is 0 Å². The minimum atomic E-state index is -4.36. The van der Waals surface area contributed by atoms with Crippen LogP contribution in [0.4, 0.5) is 13.2 Å². The molecule has 0 bridgehead atoms. The van der Waals surface area contributed by atoms with Gasteiger partial charge in [-0.1, -0.05) is 6.07 Å². The standard InChI is InChI=1S/C11H8F3NOS/c1-15-10(16)8-5-17-9-4-6(11(12,13)14)2-3-7(8)9/h2-5H,1H3,(H,15,16). The third-order valence-corrected chi connectivity index (χ3v) is 3.32. The molecule has 17 heavy (non-hydrogen) atoms. The van der Waals surface area contributed by atoms with Crippen molar-refractivity contribution in [3.8, 4) is 0 Å². The van der Waals surface area contributed by atoms with Gasteiger partial charge in [0.15, 0.2) is 0 Å². The van der Waals surface area contributed by atoms with Crippen LogP contribution < -0.4 is 5.32 Å². The number of rotatable bonds is 1. The van der Waals surface area contributed by atoms with Crippen LogP contribution in [-0.4, -0.2) is 13.0 Å². The molecule has 1 aromatic heterocycles. The molecule has 0 unspecified atom stereocenters. The molecule has 2 aromatic rings. The molecule has 0 fully saturated rings. The van der Waals surface area contributed by atoms with Crippen LogP contribution >= 0.6 is 11.3 Å². The maximum atomic E-state index is 12.5. The van der Waals surface area contributed by atoms with Gasteiger partial charge in [0.05, 0.1) is 11.1 Å². The van der Waals surface area contributed by atoms with Gasteiger partial charge >= 0.3 is 6.18 Å². The Labute approximate surface area is 99.1 Å². The van der Waals surface area contributed by atoms with Crippen molar-refractivity contribution >= 4 is 27.3 Å². The van der Waals surface area contributed by atoms with Gasteiger partial charge in [0.2, 0.25) is 0 Å². The minimum Gasteiger partial charge on any atom is -0.355 e. The number of halogens is 3. The monoisotopic (exact) mass is 259 g/mol. The number of amides is 1. The van der Waals surface area contributed by atoms with E-state index in [4.69, 9.17) is 0 Å². The van der Waals surface area contributed by atoms with Gasteiger partial charge in [-0.15, -0.1) is 11.3 Å². The molecule has 1 aromatic carbocycles. The molecule has 90 valence electrons. The highest BCUT2D eigenvalue weighted by Crippen LogP contribution is 2.34. The summed E-state index contributed by atoms with van der Waals surface area (Å²) in [6, 6.07) is 3.38. The van der Waals surface area contributed by atoms with Crippen LogP contribution in [0.1, 0.15) is 15.9 Å². The fraction of sp³-hybridized carbons (Fsp3) is 0.182. The molecule has 0 saturated carbocycles. The highest BCUT2D eigenvalue weighted by Gasteiger charge is 2.30. The van der Waals surface area contributed by atoms with Crippen molar-refractivity contribution in [1.82, 2.24) is 5.32 Å². The molecule has 0 aliphatic rings. The summed E-state index contributed by atoms with van der Waals surface area (Å²) in [6.07, 6.45) is -4.36. The molecule has 0 radical (unpaired) electrons. The lowest BCUT2D eigenvalue weighted by atomic mass is 10.1. The predicted molar refractivity (Wildman–Crippen MR) is 60.2 cm³/mol. The highest BCUT2D eigenvalue weighted by atomic mass is 32.1. The average molecular weight is 259 g/mol. The zero-order valence-electron chi connectivity index (χ0n) is 8.76. The van der Waals surface area contributed by atoms with E-state index in [2.05, 4.69) is 5.32 Å². The number of hydrogen-bond donors (Lipinski definition) is 1. The zero-order valence-corrected chi connectivity index (χ0v) is 9.58. The summed E-state index contributed by atoms with van der Waals surface area (Å²) in [5.74, 6) is -0.295. The molecule has 1 amide bonds. The molecule has 0 aliphatic carbocycles. The summed E-state index contributed by atoms with van der Waals surface area (Å²) in [6.45, 7) is 0. The van der Waals surface area contributed by atoms with E-state index in [0.717, 1.165) is 23.5 Å². The lowest BCUT2D eigenvalue weighted by Gasteiger charge is -2.06. The Bertz CT molecular complexity index is 574. The van der Waals surface area contributed by atoms with E-state index < -0.39 is 11.7 Å². The second kappa shape index (κ2) is 4.03. The first-order chi connectivity index (χ1) is 7.93. The molecule has 0 spiro atoms. The minimum absolute atomic E-state index is 0.295. The van der Waals surface area contributed by atoms with Crippen molar-refractivity contribution in [3.05, 3.63) is 34.7 Å². The molecule has 2 rings (SSSR count). The van der Waals surface area contributed by atoms with E-state index in [1.807, 2.05) is 0 Å². The van der Waals surface area contributed by atoms with Crippen molar-refractivity contribution in [2.75, 3.05) is 7.05 Å². The van der Waals surface area contributed by atoms with Crippen LogP contribution in [0.3, 0.4) is 0 Å². The third-order valence-electron chi connectivity index (χ3n) is 2.37. The maximum absolute atomic E-state index is 12.5. The maximum Gasteiger partial charge on any atom is 0.416 e. The van der Waals surface area contributed by atoms with Crippen molar-refractivity contribution in [3.63, 3.8) is 0 Å². The van der Waals surface area contributed by atoms with Gasteiger partial charge in [-0.2, -0.15) is 13.2 Å². The van der Waals surface area contributed by atoms with Crippen LogP contribution in [0.25, 0.3) is 10.1 Å². The second-order valence-electron chi connectivity index (χ2n) is 3.44. The van der Waals surface area contributed by atoms with Gasteiger partial charge in [-0.05, 0) is 12.1 Å². The Kier molecular flexibility index (Phi) is 2.82. The zero-order chi connectivity index (χ0) is 12.6. The van der Waals surface area contributed by atoms with E-state index in [1.54, 1.807) is 5.38 Å². The molecule has 6 heteroatoms. The van der Waals surface area contributed by atoms with Gasteiger partial charge in [-0.25, -0.2) is 0 Å². The Balaban J connectivity index is 2.56. The van der Waals surface area contributed by atoms with Gasteiger partial charge in [0.1, 0.15) is 0 Å². The van der Waals surface area contributed by atoms with Crippen molar-refractivity contribution in [2.45, 2.75) is 6.18 Å². The first-order valence-electron chi connectivity index (χ1n) is 4.74. The van der Waals surface area contributed by atoms with Crippen LogP contribution in [-0.2, 0) is 6.18 Å².